The number of aryl methyl sites for hydroxylation is 1. The van der Waals surface area contributed by atoms with Crippen LogP contribution in [-0.2, 0) is 4.79 Å². The summed E-state index contributed by atoms with van der Waals surface area (Å²) in [6, 6.07) is 14.6. The van der Waals surface area contributed by atoms with E-state index in [-0.39, 0.29) is 11.7 Å². The van der Waals surface area contributed by atoms with E-state index in [0.29, 0.717) is 12.1 Å². The Morgan fingerprint density at radius 1 is 1.19 bits per heavy atom. The Kier molecular flexibility index (Phi) is 3.46. The third kappa shape index (κ3) is 2.66. The molecule has 1 aliphatic rings. The Hall–Kier alpha value is -2.59. The Balaban J connectivity index is 1.90. The molecule has 0 aromatic heterocycles. The van der Waals surface area contributed by atoms with Crippen LogP contribution in [0.15, 0.2) is 54.1 Å². The van der Waals surface area contributed by atoms with Gasteiger partial charge in [0.25, 0.3) is 5.91 Å². The molecule has 1 heterocycles. The molecule has 0 spiro atoms. The maximum Gasteiger partial charge on any atom is 0.269 e. The number of carbonyl (C=O) groups excluding carboxylic acids is 1. The van der Waals surface area contributed by atoms with Crippen molar-refractivity contribution in [2.75, 3.05) is 11.6 Å². The number of hydrazine groups is 1. The molecule has 0 unspecified atom stereocenters. The third-order valence-corrected chi connectivity index (χ3v) is 3.51. The molecular formula is C17H16N2O2. The largest absolute Gasteiger partial charge is 0.508 e. The first-order valence-electron chi connectivity index (χ1n) is 6.78. The van der Waals surface area contributed by atoms with E-state index in [2.05, 4.69) is 5.43 Å². The van der Waals surface area contributed by atoms with E-state index in [4.69, 9.17) is 0 Å². The molecule has 0 radical (unpaired) electrons. The van der Waals surface area contributed by atoms with Crippen LogP contribution >= 0.6 is 0 Å². The number of para-hydroxylation sites is 1. The van der Waals surface area contributed by atoms with E-state index in [1.54, 1.807) is 17.1 Å². The van der Waals surface area contributed by atoms with Crippen LogP contribution in [0.25, 0.3) is 6.08 Å². The van der Waals surface area contributed by atoms with Gasteiger partial charge in [-0.05, 0) is 48.4 Å². The van der Waals surface area contributed by atoms with Gasteiger partial charge in [-0.2, -0.15) is 0 Å². The number of benzene rings is 2. The average molecular weight is 280 g/mol. The van der Waals surface area contributed by atoms with Gasteiger partial charge in [0.2, 0.25) is 0 Å². The molecule has 0 saturated carbocycles. The highest BCUT2D eigenvalue weighted by atomic mass is 16.3. The van der Waals surface area contributed by atoms with E-state index in [1.165, 1.54) is 0 Å². The van der Waals surface area contributed by atoms with Crippen molar-refractivity contribution in [3.63, 3.8) is 0 Å². The molecule has 2 N–H and O–H groups in total. The number of nitrogens with one attached hydrogen (secondary N) is 1. The van der Waals surface area contributed by atoms with Crippen molar-refractivity contribution in [3.8, 4) is 5.75 Å². The van der Waals surface area contributed by atoms with Gasteiger partial charge in [-0.1, -0.05) is 24.3 Å². The Morgan fingerprint density at radius 3 is 2.71 bits per heavy atom. The number of hydrogen-bond acceptors (Lipinski definition) is 3. The van der Waals surface area contributed by atoms with E-state index in [9.17, 15) is 9.90 Å². The van der Waals surface area contributed by atoms with Gasteiger partial charge in [-0.3, -0.25) is 4.79 Å². The van der Waals surface area contributed by atoms with Crippen molar-refractivity contribution < 1.29 is 9.90 Å². The van der Waals surface area contributed by atoms with Crippen LogP contribution in [0.1, 0.15) is 11.1 Å². The zero-order valence-corrected chi connectivity index (χ0v) is 11.7. The van der Waals surface area contributed by atoms with Gasteiger partial charge in [-0.25, -0.2) is 10.4 Å². The number of phenols is 1. The van der Waals surface area contributed by atoms with Gasteiger partial charge < -0.3 is 5.11 Å². The highest BCUT2D eigenvalue weighted by Gasteiger charge is 2.26. The minimum atomic E-state index is -0.0658. The standard InChI is InChI=1S/C17H16N2O2/c1-12-7-8-16(20)10-13(12)9-14-11-18-19(17(14)21)15-5-3-2-4-6-15/h2-10,18,20H,11H2,1H3/b14-9-. The minimum absolute atomic E-state index is 0.0658. The Labute approximate surface area is 123 Å². The molecule has 0 bridgehead atoms. The summed E-state index contributed by atoms with van der Waals surface area (Å²) < 4.78 is 0. The first kappa shape index (κ1) is 13.4. The average Bonchev–Trinajstić information content (AvgIpc) is 2.85. The van der Waals surface area contributed by atoms with Crippen LogP contribution in [0.5, 0.6) is 5.75 Å². The van der Waals surface area contributed by atoms with E-state index in [0.717, 1.165) is 16.8 Å². The lowest BCUT2D eigenvalue weighted by atomic mass is 10.1. The number of amides is 1. The molecule has 1 aliphatic heterocycles. The maximum atomic E-state index is 12.4. The Bertz CT molecular complexity index is 708. The molecule has 1 saturated heterocycles. The molecule has 106 valence electrons. The fourth-order valence-corrected chi connectivity index (χ4v) is 2.32. The van der Waals surface area contributed by atoms with Crippen molar-refractivity contribution in [1.82, 2.24) is 5.43 Å². The van der Waals surface area contributed by atoms with Gasteiger partial charge in [-0.15, -0.1) is 0 Å². The number of aromatic hydroxyl groups is 1. The molecular weight excluding hydrogens is 264 g/mol. The van der Waals surface area contributed by atoms with Gasteiger partial charge in [0.05, 0.1) is 5.69 Å². The summed E-state index contributed by atoms with van der Waals surface area (Å²) in [5.74, 6) is 0.134. The smallest absolute Gasteiger partial charge is 0.269 e. The molecule has 2 aromatic carbocycles. The summed E-state index contributed by atoms with van der Waals surface area (Å²) in [6.45, 7) is 2.43. The molecule has 0 aliphatic carbocycles. The monoisotopic (exact) mass is 280 g/mol. The minimum Gasteiger partial charge on any atom is -0.508 e. The molecule has 2 aromatic rings. The molecule has 1 fully saturated rings. The Morgan fingerprint density at radius 2 is 1.95 bits per heavy atom. The van der Waals surface area contributed by atoms with E-state index >= 15 is 0 Å². The maximum absolute atomic E-state index is 12.4. The summed E-state index contributed by atoms with van der Waals surface area (Å²) in [5, 5.41) is 11.1. The lowest BCUT2D eigenvalue weighted by Gasteiger charge is -2.14. The number of rotatable bonds is 2. The second-order valence-electron chi connectivity index (χ2n) is 5.02. The van der Waals surface area contributed by atoms with E-state index in [1.807, 2.05) is 49.4 Å². The molecule has 1 amide bonds. The highest BCUT2D eigenvalue weighted by Crippen LogP contribution is 2.23. The summed E-state index contributed by atoms with van der Waals surface area (Å²) in [6.07, 6.45) is 1.83. The van der Waals surface area contributed by atoms with Crippen molar-refractivity contribution in [1.29, 1.82) is 0 Å². The topological polar surface area (TPSA) is 52.6 Å². The lowest BCUT2D eigenvalue weighted by Crippen LogP contribution is -2.33. The normalized spacial score (nSPS) is 16.7. The molecule has 4 nitrogen and oxygen atoms in total. The number of hydrogen-bond donors (Lipinski definition) is 2. The van der Waals surface area contributed by atoms with Crippen molar-refractivity contribution in [3.05, 3.63) is 65.2 Å². The summed E-state index contributed by atoms with van der Waals surface area (Å²) >= 11 is 0. The first-order valence-corrected chi connectivity index (χ1v) is 6.78. The van der Waals surface area contributed by atoms with Crippen molar-refractivity contribution in [2.45, 2.75) is 6.92 Å². The van der Waals surface area contributed by atoms with Crippen LogP contribution < -0.4 is 10.4 Å². The van der Waals surface area contributed by atoms with Gasteiger partial charge >= 0.3 is 0 Å². The summed E-state index contributed by atoms with van der Waals surface area (Å²) in [4.78, 5) is 12.4. The first-order chi connectivity index (χ1) is 10.1. The van der Waals surface area contributed by atoms with Crippen molar-refractivity contribution >= 4 is 17.7 Å². The zero-order valence-electron chi connectivity index (χ0n) is 11.7. The number of phenolic OH excluding ortho intramolecular Hbond substituents is 1. The molecule has 0 atom stereocenters. The third-order valence-electron chi connectivity index (χ3n) is 3.51. The van der Waals surface area contributed by atoms with E-state index < -0.39 is 0 Å². The predicted octanol–water partition coefficient (Wildman–Crippen LogP) is 2.64. The lowest BCUT2D eigenvalue weighted by molar-refractivity contribution is -0.114. The van der Waals surface area contributed by atoms with Crippen LogP contribution in [0.3, 0.4) is 0 Å². The highest BCUT2D eigenvalue weighted by molar-refractivity contribution is 6.10. The van der Waals surface area contributed by atoms with Crippen LogP contribution in [0.4, 0.5) is 5.69 Å². The fraction of sp³-hybridized carbons (Fsp3) is 0.118. The quantitative estimate of drug-likeness (QED) is 0.831. The van der Waals surface area contributed by atoms with Gasteiger partial charge in [0, 0.05) is 12.1 Å². The second-order valence-corrected chi connectivity index (χ2v) is 5.02. The fourth-order valence-electron chi connectivity index (χ4n) is 2.32. The summed E-state index contributed by atoms with van der Waals surface area (Å²) in [5.41, 5.74) is 6.45. The second kappa shape index (κ2) is 5.42. The van der Waals surface area contributed by atoms with Crippen molar-refractivity contribution in [2.24, 2.45) is 0 Å². The van der Waals surface area contributed by atoms with Crippen LogP contribution in [0.2, 0.25) is 0 Å². The molecule has 3 rings (SSSR count). The van der Waals surface area contributed by atoms with Crippen LogP contribution in [0, 0.1) is 6.92 Å². The predicted molar refractivity (Wildman–Crippen MR) is 82.8 cm³/mol. The molecule has 21 heavy (non-hydrogen) atoms. The SMILES string of the molecule is Cc1ccc(O)cc1/C=C1/CNN(c2ccccc2)C1=O. The molecule has 4 heteroatoms. The zero-order chi connectivity index (χ0) is 14.8. The van der Waals surface area contributed by atoms with Gasteiger partial charge in [0.15, 0.2) is 0 Å². The van der Waals surface area contributed by atoms with Crippen LogP contribution in [-0.4, -0.2) is 17.6 Å². The number of nitrogens with zero attached hydrogens (tertiary/aromatic N) is 1. The summed E-state index contributed by atoms with van der Waals surface area (Å²) in [7, 11) is 0. The van der Waals surface area contributed by atoms with Gasteiger partial charge in [0.1, 0.15) is 5.75 Å². The number of anilines is 1. The number of carbonyl (C=O) groups is 1.